The molecule has 0 saturated heterocycles. The summed E-state index contributed by atoms with van der Waals surface area (Å²) in [5, 5.41) is 10.7. The van der Waals surface area contributed by atoms with E-state index in [0.717, 1.165) is 0 Å². The molecule has 8 heteroatoms. The number of aryl methyl sites for hydroxylation is 1. The van der Waals surface area contributed by atoms with E-state index in [4.69, 9.17) is 0 Å². The number of amides is 1. The zero-order chi connectivity index (χ0) is 20.4. The van der Waals surface area contributed by atoms with Crippen molar-refractivity contribution in [2.45, 2.75) is 6.92 Å². The van der Waals surface area contributed by atoms with E-state index >= 15 is 0 Å². The number of halogens is 2. The third-order valence-corrected chi connectivity index (χ3v) is 4.32. The average Bonchev–Trinajstić information content (AvgIpc) is 3.17. The molecule has 0 bridgehead atoms. The van der Waals surface area contributed by atoms with Crippen molar-refractivity contribution < 1.29 is 13.6 Å². The monoisotopic (exact) mass is 391 g/mol. The van der Waals surface area contributed by atoms with Gasteiger partial charge in [-0.2, -0.15) is 0 Å². The van der Waals surface area contributed by atoms with Gasteiger partial charge in [-0.15, -0.1) is 5.10 Å². The van der Waals surface area contributed by atoms with Crippen LogP contribution in [0.2, 0.25) is 0 Å². The molecule has 0 saturated carbocycles. The minimum atomic E-state index is -0.555. The van der Waals surface area contributed by atoms with Crippen molar-refractivity contribution in [1.29, 1.82) is 0 Å². The average molecular weight is 391 g/mol. The summed E-state index contributed by atoms with van der Waals surface area (Å²) >= 11 is 0. The fourth-order valence-corrected chi connectivity index (χ4v) is 2.82. The van der Waals surface area contributed by atoms with Gasteiger partial charge >= 0.3 is 0 Å². The minimum Gasteiger partial charge on any atom is -0.320 e. The molecule has 4 rings (SSSR count). The highest BCUT2D eigenvalue weighted by molar-refractivity contribution is 6.06. The van der Waals surface area contributed by atoms with Crippen LogP contribution < -0.4 is 5.32 Å². The van der Waals surface area contributed by atoms with Gasteiger partial charge in [0, 0.05) is 23.6 Å². The number of nitrogens with zero attached hydrogens (tertiary/aromatic N) is 4. The summed E-state index contributed by atoms with van der Waals surface area (Å²) in [5.41, 5.74) is 2.31. The standard InChI is InChI=1S/C21H15F2N5O/c1-13-4-7-16(11-18(13)23)25-21(29)19-20(14-3-2-10-24-12-14)28(27-26-19)17-8-5-15(22)6-9-17/h2-12H,1H3,(H,25,29). The molecule has 2 aromatic carbocycles. The van der Waals surface area contributed by atoms with E-state index < -0.39 is 17.5 Å². The second-order valence-corrected chi connectivity index (χ2v) is 6.33. The second-order valence-electron chi connectivity index (χ2n) is 6.33. The predicted molar refractivity (Wildman–Crippen MR) is 104 cm³/mol. The molecule has 6 nitrogen and oxygen atoms in total. The van der Waals surface area contributed by atoms with Crippen LogP contribution in [0.4, 0.5) is 14.5 Å². The molecular formula is C21H15F2N5O. The number of anilines is 1. The summed E-state index contributed by atoms with van der Waals surface area (Å²) in [7, 11) is 0. The number of aromatic nitrogens is 4. The third kappa shape index (κ3) is 3.73. The topological polar surface area (TPSA) is 72.7 Å². The number of rotatable bonds is 4. The first-order chi connectivity index (χ1) is 14.0. The Hall–Kier alpha value is -3.94. The lowest BCUT2D eigenvalue weighted by molar-refractivity contribution is 0.102. The highest BCUT2D eigenvalue weighted by atomic mass is 19.1. The number of carbonyl (C=O) groups excluding carboxylic acids is 1. The normalized spacial score (nSPS) is 10.7. The zero-order valence-electron chi connectivity index (χ0n) is 15.3. The van der Waals surface area contributed by atoms with Gasteiger partial charge in [-0.25, -0.2) is 13.5 Å². The number of carbonyl (C=O) groups is 1. The molecular weight excluding hydrogens is 376 g/mol. The van der Waals surface area contributed by atoms with E-state index in [-0.39, 0.29) is 5.69 Å². The molecule has 1 amide bonds. The van der Waals surface area contributed by atoms with Gasteiger partial charge in [0.05, 0.1) is 5.69 Å². The predicted octanol–water partition coefficient (Wildman–Crippen LogP) is 4.17. The van der Waals surface area contributed by atoms with E-state index in [1.807, 2.05) is 0 Å². The molecule has 0 aliphatic rings. The fraction of sp³-hybridized carbons (Fsp3) is 0.0476. The first-order valence-corrected chi connectivity index (χ1v) is 8.72. The number of pyridine rings is 1. The van der Waals surface area contributed by atoms with Crippen molar-refractivity contribution >= 4 is 11.6 Å². The quantitative estimate of drug-likeness (QED) is 0.567. The van der Waals surface area contributed by atoms with Crippen LogP contribution >= 0.6 is 0 Å². The van der Waals surface area contributed by atoms with Gasteiger partial charge in [-0.3, -0.25) is 9.78 Å². The maximum absolute atomic E-state index is 13.8. The molecule has 0 fully saturated rings. The smallest absolute Gasteiger partial charge is 0.278 e. The second kappa shape index (κ2) is 7.59. The Morgan fingerprint density at radius 1 is 1.07 bits per heavy atom. The summed E-state index contributed by atoms with van der Waals surface area (Å²) in [5.74, 6) is -1.37. The van der Waals surface area contributed by atoms with E-state index in [2.05, 4.69) is 20.6 Å². The highest BCUT2D eigenvalue weighted by Gasteiger charge is 2.22. The van der Waals surface area contributed by atoms with Crippen LogP contribution in [-0.2, 0) is 0 Å². The first kappa shape index (κ1) is 18.4. The molecule has 2 heterocycles. The van der Waals surface area contributed by atoms with Gasteiger partial charge in [0.15, 0.2) is 5.69 Å². The Balaban J connectivity index is 1.77. The van der Waals surface area contributed by atoms with Crippen LogP contribution in [0.15, 0.2) is 67.0 Å². The molecule has 0 spiro atoms. The van der Waals surface area contributed by atoms with Crippen LogP contribution in [0.3, 0.4) is 0 Å². The largest absolute Gasteiger partial charge is 0.320 e. The fourth-order valence-electron chi connectivity index (χ4n) is 2.82. The summed E-state index contributed by atoms with van der Waals surface area (Å²) in [6.07, 6.45) is 3.17. The van der Waals surface area contributed by atoms with Crippen molar-refractivity contribution in [3.63, 3.8) is 0 Å². The van der Waals surface area contributed by atoms with Crippen molar-refractivity contribution in [3.05, 3.63) is 89.9 Å². The Bertz CT molecular complexity index is 1170. The van der Waals surface area contributed by atoms with E-state index in [0.29, 0.717) is 28.2 Å². The summed E-state index contributed by atoms with van der Waals surface area (Å²) in [4.78, 5) is 17.0. The van der Waals surface area contributed by atoms with Crippen LogP contribution in [-0.4, -0.2) is 25.9 Å². The molecule has 0 atom stereocenters. The van der Waals surface area contributed by atoms with Gasteiger partial charge in [0.2, 0.25) is 0 Å². The summed E-state index contributed by atoms with van der Waals surface area (Å²) in [6.45, 7) is 1.63. The molecule has 0 aliphatic heterocycles. The van der Waals surface area contributed by atoms with Crippen molar-refractivity contribution in [3.8, 4) is 16.9 Å². The molecule has 29 heavy (non-hydrogen) atoms. The van der Waals surface area contributed by atoms with Crippen LogP contribution in [0.25, 0.3) is 16.9 Å². The third-order valence-electron chi connectivity index (χ3n) is 4.32. The molecule has 0 aliphatic carbocycles. The Kier molecular flexibility index (Phi) is 4.82. The number of hydrogen-bond donors (Lipinski definition) is 1. The Morgan fingerprint density at radius 3 is 2.55 bits per heavy atom. The summed E-state index contributed by atoms with van der Waals surface area (Å²) < 4.78 is 28.6. The van der Waals surface area contributed by atoms with Gasteiger partial charge in [-0.05, 0) is 61.0 Å². The molecule has 144 valence electrons. The van der Waals surface area contributed by atoms with Crippen molar-refractivity contribution in [2.24, 2.45) is 0 Å². The lowest BCUT2D eigenvalue weighted by Crippen LogP contribution is -2.14. The molecule has 2 aromatic heterocycles. The Labute approximate surface area is 164 Å². The van der Waals surface area contributed by atoms with Gasteiger partial charge < -0.3 is 5.32 Å². The van der Waals surface area contributed by atoms with Gasteiger partial charge in [0.25, 0.3) is 5.91 Å². The highest BCUT2D eigenvalue weighted by Crippen LogP contribution is 2.26. The lowest BCUT2D eigenvalue weighted by Gasteiger charge is -2.09. The van der Waals surface area contributed by atoms with Crippen molar-refractivity contribution in [1.82, 2.24) is 20.0 Å². The first-order valence-electron chi connectivity index (χ1n) is 8.72. The maximum Gasteiger partial charge on any atom is 0.278 e. The molecule has 4 aromatic rings. The Morgan fingerprint density at radius 2 is 1.86 bits per heavy atom. The maximum atomic E-state index is 13.8. The minimum absolute atomic E-state index is 0.0308. The molecule has 0 unspecified atom stereocenters. The lowest BCUT2D eigenvalue weighted by atomic mass is 10.1. The van der Waals surface area contributed by atoms with Crippen LogP contribution in [0.5, 0.6) is 0 Å². The van der Waals surface area contributed by atoms with Crippen LogP contribution in [0, 0.1) is 18.6 Å². The van der Waals surface area contributed by atoms with Gasteiger partial charge in [-0.1, -0.05) is 11.3 Å². The SMILES string of the molecule is Cc1ccc(NC(=O)c2nnn(-c3ccc(F)cc3)c2-c2cccnc2)cc1F. The zero-order valence-corrected chi connectivity index (χ0v) is 15.3. The number of hydrogen-bond acceptors (Lipinski definition) is 4. The molecule has 0 radical (unpaired) electrons. The van der Waals surface area contributed by atoms with E-state index in [9.17, 15) is 13.6 Å². The number of nitrogens with one attached hydrogen (secondary N) is 1. The molecule has 1 N–H and O–H groups in total. The summed E-state index contributed by atoms with van der Waals surface area (Å²) in [6, 6.07) is 13.5. The number of benzene rings is 2. The van der Waals surface area contributed by atoms with Gasteiger partial charge in [0.1, 0.15) is 17.3 Å². The van der Waals surface area contributed by atoms with E-state index in [1.54, 1.807) is 43.6 Å². The van der Waals surface area contributed by atoms with Crippen molar-refractivity contribution in [2.75, 3.05) is 5.32 Å². The van der Waals surface area contributed by atoms with Crippen LogP contribution in [0.1, 0.15) is 16.1 Å². The van der Waals surface area contributed by atoms with E-state index in [1.165, 1.54) is 35.0 Å².